The van der Waals surface area contributed by atoms with Crippen molar-refractivity contribution < 1.29 is 36.2 Å². The maximum absolute atomic E-state index is 13.6. The van der Waals surface area contributed by atoms with Gasteiger partial charge in [-0.3, -0.25) is 4.57 Å². The average molecular weight is 512 g/mol. The summed E-state index contributed by atoms with van der Waals surface area (Å²) < 4.78 is 74.9. The van der Waals surface area contributed by atoms with Crippen LogP contribution < -0.4 is 0 Å². The first-order valence-corrected chi connectivity index (χ1v) is 14.5. The van der Waals surface area contributed by atoms with Crippen molar-refractivity contribution in [2.24, 2.45) is 5.92 Å². The van der Waals surface area contributed by atoms with Crippen LogP contribution in [0.2, 0.25) is 0 Å². The number of hydrogen-bond acceptors (Lipinski definition) is 8. The van der Waals surface area contributed by atoms with Crippen LogP contribution in [-0.4, -0.2) is 80.3 Å². The molecule has 3 rings (SSSR count). The fraction of sp³-hybridized carbons (Fsp3) is 0.955. The zero-order chi connectivity index (χ0) is 26.5. The Morgan fingerprint density at radius 2 is 1.97 bits per heavy atom. The van der Waals surface area contributed by atoms with Gasteiger partial charge in [-0.15, -0.1) is 0 Å². The van der Waals surface area contributed by atoms with Gasteiger partial charge in [0.05, 0.1) is 39.9 Å². The molecule has 0 aromatic carbocycles. The van der Waals surface area contributed by atoms with Crippen molar-refractivity contribution in [3.05, 3.63) is 11.4 Å². The minimum Gasteiger partial charge on any atom is -0.376 e. The van der Waals surface area contributed by atoms with Crippen LogP contribution in [0.4, 0.5) is 0 Å². The van der Waals surface area contributed by atoms with Crippen LogP contribution in [0.25, 0.3) is 4.85 Å². The second-order valence-corrected chi connectivity index (χ2v) is 12.5. The molecule has 0 aromatic heterocycles. The zero-order valence-electron chi connectivity index (χ0n) is 23.0. The third-order valence-corrected chi connectivity index (χ3v) is 10.1. The van der Waals surface area contributed by atoms with Crippen molar-refractivity contribution in [2.75, 3.05) is 39.1 Å². The van der Waals surface area contributed by atoms with Gasteiger partial charge in [-0.05, 0) is 47.4 Å². The maximum atomic E-state index is 13.6. The van der Waals surface area contributed by atoms with Gasteiger partial charge in [0.1, 0.15) is 6.61 Å². The molecule has 0 radical (unpaired) electrons. The number of hydrogen-bond donors (Lipinski definition) is 0. The van der Waals surface area contributed by atoms with E-state index in [1.54, 1.807) is 0 Å². The highest BCUT2D eigenvalue weighted by Crippen LogP contribution is 2.57. The molecule has 0 saturated carbocycles. The molecular weight excluding hydrogens is 466 g/mol. The van der Waals surface area contributed by atoms with E-state index in [1.165, 1.54) is 0 Å². The van der Waals surface area contributed by atoms with E-state index in [0.29, 0.717) is 12.8 Å². The van der Waals surface area contributed by atoms with E-state index in [1.807, 2.05) is 0 Å². The van der Waals surface area contributed by atoms with Crippen LogP contribution in [0.5, 0.6) is 0 Å². The van der Waals surface area contributed by atoms with Crippen molar-refractivity contribution in [3.8, 4) is 0 Å². The molecular formula is C22H40N2O7P2. The second-order valence-electron chi connectivity index (χ2n) is 9.06. The first-order valence-electron chi connectivity index (χ1n) is 13.5. The summed E-state index contributed by atoms with van der Waals surface area (Å²) in [6.07, 6.45) is -0.825. The molecule has 9 nitrogen and oxygen atoms in total. The van der Waals surface area contributed by atoms with E-state index in [0.717, 1.165) is 0 Å². The van der Waals surface area contributed by atoms with Crippen LogP contribution in [0.1, 0.15) is 58.0 Å². The molecule has 0 spiro atoms. The number of ether oxygens (including phenoxy) is 2. The maximum Gasteiger partial charge on any atom is 0.331 e. The fourth-order valence-corrected chi connectivity index (χ4v) is 8.32. The molecule has 3 heterocycles. The van der Waals surface area contributed by atoms with E-state index in [-0.39, 0.29) is 57.2 Å². The Balaban J connectivity index is 1.72. The summed E-state index contributed by atoms with van der Waals surface area (Å²) in [5.41, 5.74) is 0. The summed E-state index contributed by atoms with van der Waals surface area (Å²) in [7, 11) is -5.02. The van der Waals surface area contributed by atoms with Gasteiger partial charge in [0, 0.05) is 39.0 Å². The minimum absolute atomic E-state index is 0.0785. The van der Waals surface area contributed by atoms with Crippen molar-refractivity contribution >= 4 is 16.1 Å². The Kier molecular flexibility index (Phi) is 8.97. The van der Waals surface area contributed by atoms with Crippen molar-refractivity contribution in [2.45, 2.75) is 90.4 Å². The van der Waals surface area contributed by atoms with Gasteiger partial charge in [-0.1, -0.05) is 0 Å². The lowest BCUT2D eigenvalue weighted by Gasteiger charge is -2.39. The van der Waals surface area contributed by atoms with Gasteiger partial charge in [-0.2, -0.15) is 0 Å². The highest BCUT2D eigenvalue weighted by Gasteiger charge is 2.46. The van der Waals surface area contributed by atoms with E-state index in [9.17, 15) is 4.57 Å². The van der Waals surface area contributed by atoms with Gasteiger partial charge < -0.3 is 32.4 Å². The Morgan fingerprint density at radius 3 is 2.67 bits per heavy atom. The Bertz CT molecular complexity index is 785. The lowest BCUT2D eigenvalue weighted by molar-refractivity contribution is -0.00650. The smallest absolute Gasteiger partial charge is 0.331 e. The van der Waals surface area contributed by atoms with Gasteiger partial charge in [-0.25, -0.2) is 11.2 Å². The number of nitrogens with zero attached hydrogens (tertiary/aromatic N) is 2. The molecule has 1 unspecified atom stereocenters. The second kappa shape index (κ2) is 12.7. The Morgan fingerprint density at radius 1 is 1.24 bits per heavy atom. The summed E-state index contributed by atoms with van der Waals surface area (Å²) in [5, 5.41) is 0. The molecule has 0 bridgehead atoms. The van der Waals surface area contributed by atoms with Crippen molar-refractivity contribution in [3.63, 3.8) is 0 Å². The lowest BCUT2D eigenvalue weighted by atomic mass is 9.97. The molecule has 9 atom stereocenters. The summed E-state index contributed by atoms with van der Waals surface area (Å²) in [6, 6.07) is 0.292. The normalized spacial score (nSPS) is 41.8. The zero-order valence-corrected chi connectivity index (χ0v) is 21.8. The molecule has 0 amide bonds. The average Bonchev–Trinajstić information content (AvgIpc) is 3.33. The summed E-state index contributed by atoms with van der Waals surface area (Å²) in [6.45, 7) is 14.4. The van der Waals surface area contributed by atoms with Gasteiger partial charge in [0.15, 0.2) is 0 Å². The predicted octanol–water partition coefficient (Wildman–Crippen LogP) is 4.87. The molecule has 0 aromatic rings. The summed E-state index contributed by atoms with van der Waals surface area (Å²) >= 11 is 0. The molecule has 3 saturated heterocycles. The molecule has 11 heteroatoms. The number of rotatable bonds is 11. The van der Waals surface area contributed by atoms with Crippen LogP contribution in [0, 0.1) is 12.5 Å². The first-order chi connectivity index (χ1) is 17.1. The molecule has 0 aliphatic carbocycles. The van der Waals surface area contributed by atoms with E-state index in [4.69, 9.17) is 38.3 Å². The topological polar surface area (TPSA) is 80.1 Å². The minimum atomic E-state index is -3.51. The van der Waals surface area contributed by atoms with E-state index >= 15 is 0 Å². The quantitative estimate of drug-likeness (QED) is 0.221. The third kappa shape index (κ3) is 7.43. The third-order valence-electron chi connectivity index (χ3n) is 5.84. The van der Waals surface area contributed by atoms with E-state index < -0.39 is 53.7 Å². The van der Waals surface area contributed by atoms with Crippen LogP contribution in [0.3, 0.4) is 0 Å². The Hall–Kier alpha value is -0.130. The van der Waals surface area contributed by atoms with Gasteiger partial charge in [0.25, 0.3) is 8.53 Å². The molecule has 190 valence electrons. The van der Waals surface area contributed by atoms with Crippen LogP contribution in [0.15, 0.2) is 0 Å². The monoisotopic (exact) mass is 511 g/mol. The highest BCUT2D eigenvalue weighted by atomic mass is 31.2. The van der Waals surface area contributed by atoms with Crippen molar-refractivity contribution in [1.29, 1.82) is 0 Å². The van der Waals surface area contributed by atoms with Gasteiger partial charge >= 0.3 is 7.60 Å². The largest absolute Gasteiger partial charge is 0.376 e. The summed E-state index contributed by atoms with van der Waals surface area (Å²) in [5.74, 6) is -0.208. The molecule has 33 heavy (non-hydrogen) atoms. The standard InChI is InChI=1S/C22H40N2O7P2/c1-16(2)24(17(3)4)32(28-14-10-23-6)30-21-9-12-27-22(21)19-7-13-29-33(25,15-19)31-20-8-11-26-18(20)5/h16-22H,7-15H2,1-5H3/t18-,19-,20+,21+,22-,32?,33-/m1/s1/i5D,11T,12T/t11-,12-,18+,19+,20-,21-,22+,32?,33+/m0. The van der Waals surface area contributed by atoms with Crippen LogP contribution >= 0.6 is 16.1 Å². The lowest BCUT2D eigenvalue weighted by Crippen LogP contribution is -2.39. The SMILES string of the molecule is [2H]C[C@H]1O[C@@H]([3H])C[C@@H]1O[P@@]1(=O)C[C@H]([C@H]2O[C@@H]([3H])C[C@@H]2OP(OCC[N+]#[C-])N(C(C)C)C(C)C)CCO1. The molecule has 3 fully saturated rings. The fourth-order valence-electron chi connectivity index (χ4n) is 4.35. The predicted molar refractivity (Wildman–Crippen MR) is 127 cm³/mol. The summed E-state index contributed by atoms with van der Waals surface area (Å²) in [4.78, 5) is 3.38. The van der Waals surface area contributed by atoms with Crippen LogP contribution in [-0.2, 0) is 32.1 Å². The molecule has 3 aliphatic rings. The Labute approximate surface area is 204 Å². The van der Waals surface area contributed by atoms with Gasteiger partial charge in [0.2, 0.25) is 6.54 Å². The van der Waals surface area contributed by atoms with E-state index in [2.05, 4.69) is 37.2 Å². The molecule has 0 N–H and O–H groups in total. The molecule has 3 aliphatic heterocycles. The first kappa shape index (κ1) is 23.3. The highest BCUT2D eigenvalue weighted by molar-refractivity contribution is 7.53. The van der Waals surface area contributed by atoms with Crippen molar-refractivity contribution in [1.82, 2.24) is 4.67 Å².